The first kappa shape index (κ1) is 17.3. The molecule has 1 aliphatic heterocycles. The highest BCUT2D eigenvalue weighted by Crippen LogP contribution is 2.20. The zero-order valence-electron chi connectivity index (χ0n) is 14.1. The van der Waals surface area contributed by atoms with Crippen molar-refractivity contribution in [2.24, 2.45) is 0 Å². The van der Waals surface area contributed by atoms with Crippen LogP contribution in [0.2, 0.25) is 0 Å². The molecule has 2 rings (SSSR count). The van der Waals surface area contributed by atoms with Crippen molar-refractivity contribution in [3.8, 4) is 0 Å². The van der Waals surface area contributed by atoms with E-state index in [4.69, 9.17) is 4.74 Å². The fraction of sp³-hybridized carbons (Fsp3) is 0.667. The molecule has 0 aliphatic carbocycles. The van der Waals surface area contributed by atoms with E-state index in [1.165, 1.54) is 0 Å². The van der Waals surface area contributed by atoms with Crippen LogP contribution in [0.1, 0.15) is 12.8 Å². The SMILES string of the molecule is COCCNC(=O)NC1CCCN(c2cc(N(C)C)ncn2)C1. The lowest BCUT2D eigenvalue weighted by Gasteiger charge is -2.34. The minimum absolute atomic E-state index is 0.115. The van der Waals surface area contributed by atoms with E-state index >= 15 is 0 Å². The van der Waals surface area contributed by atoms with Gasteiger partial charge >= 0.3 is 6.03 Å². The van der Waals surface area contributed by atoms with Gasteiger partial charge in [0.15, 0.2) is 0 Å². The summed E-state index contributed by atoms with van der Waals surface area (Å²) in [6.07, 6.45) is 3.57. The van der Waals surface area contributed by atoms with Gasteiger partial charge in [-0.3, -0.25) is 0 Å². The van der Waals surface area contributed by atoms with Gasteiger partial charge in [0.05, 0.1) is 6.61 Å². The zero-order valence-corrected chi connectivity index (χ0v) is 14.1. The third-order valence-electron chi connectivity index (χ3n) is 3.77. The summed E-state index contributed by atoms with van der Waals surface area (Å²) < 4.78 is 4.92. The lowest BCUT2D eigenvalue weighted by molar-refractivity contribution is 0.194. The number of hydrogen-bond donors (Lipinski definition) is 2. The number of nitrogens with zero attached hydrogens (tertiary/aromatic N) is 4. The molecule has 8 heteroatoms. The number of nitrogens with one attached hydrogen (secondary N) is 2. The number of carbonyl (C=O) groups is 1. The van der Waals surface area contributed by atoms with Crippen LogP contribution in [-0.2, 0) is 4.74 Å². The molecule has 1 aromatic heterocycles. The van der Waals surface area contributed by atoms with Gasteiger partial charge in [0.25, 0.3) is 0 Å². The zero-order chi connectivity index (χ0) is 16.7. The largest absolute Gasteiger partial charge is 0.383 e. The average Bonchev–Trinajstić information content (AvgIpc) is 2.55. The van der Waals surface area contributed by atoms with Crippen LogP contribution in [0.3, 0.4) is 0 Å². The van der Waals surface area contributed by atoms with Crippen LogP contribution in [0.15, 0.2) is 12.4 Å². The molecule has 8 nitrogen and oxygen atoms in total. The van der Waals surface area contributed by atoms with E-state index < -0.39 is 0 Å². The standard InChI is InChI=1S/C15H26N6O2/c1-20(2)13-9-14(18-11-17-13)21-7-4-5-12(10-21)19-15(22)16-6-8-23-3/h9,11-12H,4-8,10H2,1-3H3,(H2,16,19,22). The van der Waals surface area contributed by atoms with Crippen LogP contribution in [0, 0.1) is 0 Å². The second kappa shape index (κ2) is 8.52. The average molecular weight is 322 g/mol. The highest BCUT2D eigenvalue weighted by Gasteiger charge is 2.22. The number of methoxy groups -OCH3 is 1. The summed E-state index contributed by atoms with van der Waals surface area (Å²) in [7, 11) is 5.52. The Morgan fingerprint density at radius 3 is 3.04 bits per heavy atom. The highest BCUT2D eigenvalue weighted by atomic mass is 16.5. The molecule has 128 valence electrons. The molecule has 1 aliphatic rings. The van der Waals surface area contributed by atoms with Crippen molar-refractivity contribution in [1.82, 2.24) is 20.6 Å². The van der Waals surface area contributed by atoms with Crippen LogP contribution >= 0.6 is 0 Å². The third-order valence-corrected chi connectivity index (χ3v) is 3.77. The molecule has 2 N–H and O–H groups in total. The van der Waals surface area contributed by atoms with Gasteiger partial charge in [0, 0.05) is 52.9 Å². The number of rotatable bonds is 6. The predicted molar refractivity (Wildman–Crippen MR) is 90.0 cm³/mol. The lowest BCUT2D eigenvalue weighted by Crippen LogP contribution is -2.51. The number of ether oxygens (including phenoxy) is 1. The second-order valence-corrected chi connectivity index (χ2v) is 5.81. The Hall–Kier alpha value is -2.09. The van der Waals surface area contributed by atoms with Crippen molar-refractivity contribution in [3.63, 3.8) is 0 Å². The first-order chi connectivity index (χ1) is 11.1. The van der Waals surface area contributed by atoms with E-state index in [2.05, 4.69) is 25.5 Å². The summed E-state index contributed by atoms with van der Waals surface area (Å²) in [5, 5.41) is 5.80. The van der Waals surface area contributed by atoms with E-state index in [0.717, 1.165) is 37.6 Å². The topological polar surface area (TPSA) is 82.6 Å². The van der Waals surface area contributed by atoms with Gasteiger partial charge in [0.1, 0.15) is 18.0 Å². The maximum Gasteiger partial charge on any atom is 0.315 e. The molecule has 2 heterocycles. The summed E-state index contributed by atoms with van der Waals surface area (Å²) in [5.41, 5.74) is 0. The van der Waals surface area contributed by atoms with Gasteiger partial charge in [-0.05, 0) is 12.8 Å². The summed E-state index contributed by atoms with van der Waals surface area (Å²) in [5.74, 6) is 1.78. The smallest absolute Gasteiger partial charge is 0.315 e. The van der Waals surface area contributed by atoms with Crippen molar-refractivity contribution in [1.29, 1.82) is 0 Å². The van der Waals surface area contributed by atoms with Crippen molar-refractivity contribution in [2.75, 3.05) is 57.2 Å². The van der Waals surface area contributed by atoms with E-state index in [-0.39, 0.29) is 12.1 Å². The Kier molecular flexibility index (Phi) is 6.40. The lowest BCUT2D eigenvalue weighted by atomic mass is 10.1. The quantitative estimate of drug-likeness (QED) is 0.740. The molecule has 2 amide bonds. The monoisotopic (exact) mass is 322 g/mol. The Balaban J connectivity index is 1.90. The van der Waals surface area contributed by atoms with Crippen LogP contribution in [0.4, 0.5) is 16.4 Å². The normalized spacial score (nSPS) is 17.7. The molecule has 0 spiro atoms. The van der Waals surface area contributed by atoms with Gasteiger partial charge < -0.3 is 25.2 Å². The van der Waals surface area contributed by atoms with E-state index in [1.54, 1.807) is 13.4 Å². The fourth-order valence-electron chi connectivity index (χ4n) is 2.56. The first-order valence-electron chi connectivity index (χ1n) is 7.87. The number of urea groups is 1. The van der Waals surface area contributed by atoms with Crippen molar-refractivity contribution in [3.05, 3.63) is 12.4 Å². The number of anilines is 2. The van der Waals surface area contributed by atoms with E-state index in [9.17, 15) is 4.79 Å². The molecule has 1 saturated heterocycles. The van der Waals surface area contributed by atoms with E-state index in [1.807, 2.05) is 25.1 Å². The van der Waals surface area contributed by atoms with Gasteiger partial charge in [-0.15, -0.1) is 0 Å². The fourth-order valence-corrected chi connectivity index (χ4v) is 2.56. The number of amides is 2. The van der Waals surface area contributed by atoms with Gasteiger partial charge in [-0.1, -0.05) is 0 Å². The summed E-state index contributed by atoms with van der Waals surface area (Å²) in [6.45, 7) is 2.71. The molecule has 1 atom stereocenters. The Labute approximate surface area is 137 Å². The molecule has 1 aromatic rings. The second-order valence-electron chi connectivity index (χ2n) is 5.81. The number of piperidine rings is 1. The van der Waals surface area contributed by atoms with Gasteiger partial charge in [-0.2, -0.15) is 0 Å². The molecule has 0 saturated carbocycles. The van der Waals surface area contributed by atoms with Crippen LogP contribution < -0.4 is 20.4 Å². The summed E-state index contributed by atoms with van der Waals surface area (Å²) in [6, 6.07) is 1.94. The van der Waals surface area contributed by atoms with Crippen molar-refractivity contribution < 1.29 is 9.53 Å². The van der Waals surface area contributed by atoms with Crippen LogP contribution in [0.5, 0.6) is 0 Å². The number of hydrogen-bond acceptors (Lipinski definition) is 6. The highest BCUT2D eigenvalue weighted by molar-refractivity contribution is 5.74. The maximum atomic E-state index is 11.8. The summed E-state index contributed by atoms with van der Waals surface area (Å²) >= 11 is 0. The van der Waals surface area contributed by atoms with Gasteiger partial charge in [0.2, 0.25) is 0 Å². The summed E-state index contributed by atoms with van der Waals surface area (Å²) in [4.78, 5) is 24.6. The minimum Gasteiger partial charge on any atom is -0.383 e. The molecule has 0 radical (unpaired) electrons. The molecule has 1 fully saturated rings. The van der Waals surface area contributed by atoms with Crippen LogP contribution in [-0.4, -0.2) is 69.5 Å². The van der Waals surface area contributed by atoms with Crippen LogP contribution in [0.25, 0.3) is 0 Å². The van der Waals surface area contributed by atoms with Crippen molar-refractivity contribution >= 4 is 17.7 Å². The Bertz CT molecular complexity index is 510. The Morgan fingerprint density at radius 1 is 1.48 bits per heavy atom. The predicted octanol–water partition coefficient (Wildman–Crippen LogP) is 0.457. The first-order valence-corrected chi connectivity index (χ1v) is 7.87. The van der Waals surface area contributed by atoms with Gasteiger partial charge in [-0.25, -0.2) is 14.8 Å². The molecule has 23 heavy (non-hydrogen) atoms. The minimum atomic E-state index is -0.148. The number of carbonyl (C=O) groups excluding carboxylic acids is 1. The van der Waals surface area contributed by atoms with E-state index in [0.29, 0.717) is 13.2 Å². The Morgan fingerprint density at radius 2 is 2.30 bits per heavy atom. The molecule has 0 bridgehead atoms. The molecule has 1 unspecified atom stereocenters. The molecular weight excluding hydrogens is 296 g/mol. The molecular formula is C15H26N6O2. The van der Waals surface area contributed by atoms with Crippen molar-refractivity contribution in [2.45, 2.75) is 18.9 Å². The third kappa shape index (κ3) is 5.24. The maximum absolute atomic E-state index is 11.8. The molecule has 0 aromatic carbocycles. The number of aromatic nitrogens is 2.